The number of aliphatic hydroxyl groups is 1. The van der Waals surface area contributed by atoms with E-state index >= 15 is 0 Å². The zero-order chi connectivity index (χ0) is 13.2. The van der Waals surface area contributed by atoms with Crippen molar-refractivity contribution in [1.82, 2.24) is 15.1 Å². The van der Waals surface area contributed by atoms with E-state index in [-0.39, 0.29) is 6.61 Å². The minimum absolute atomic E-state index is 0.0832. The minimum atomic E-state index is 0.0832. The maximum absolute atomic E-state index is 8.54. The highest BCUT2D eigenvalue weighted by Crippen LogP contribution is 2.14. The molecule has 5 nitrogen and oxygen atoms in total. The Balaban J connectivity index is 2.23. The molecule has 0 amide bonds. The van der Waals surface area contributed by atoms with Gasteiger partial charge in [-0.25, -0.2) is 0 Å². The van der Waals surface area contributed by atoms with Crippen LogP contribution in [0.2, 0.25) is 0 Å². The van der Waals surface area contributed by atoms with Gasteiger partial charge in [0, 0.05) is 19.3 Å². The van der Waals surface area contributed by atoms with Gasteiger partial charge in [-0.1, -0.05) is 13.8 Å². The average Bonchev–Trinajstić information content (AvgIpc) is 2.84. The van der Waals surface area contributed by atoms with E-state index in [2.05, 4.69) is 41.2 Å². The predicted octanol–water partition coefficient (Wildman–Crippen LogP) is 1.34. The minimum Gasteiger partial charge on any atom is -0.394 e. The van der Waals surface area contributed by atoms with Crippen molar-refractivity contribution in [3.05, 3.63) is 18.0 Å². The summed E-state index contributed by atoms with van der Waals surface area (Å²) in [5.41, 5.74) is 1.06. The molecule has 0 radical (unpaired) electrons. The molecule has 0 aliphatic rings. The molecular weight excluding hydrogens is 230 g/mol. The van der Waals surface area contributed by atoms with Crippen LogP contribution in [0.3, 0.4) is 0 Å². The van der Waals surface area contributed by atoms with Gasteiger partial charge in [-0.15, -0.1) is 0 Å². The second kappa shape index (κ2) is 9.08. The Hall–Kier alpha value is -0.910. The number of rotatable bonds is 10. The molecule has 1 heterocycles. The van der Waals surface area contributed by atoms with Gasteiger partial charge in [0.2, 0.25) is 0 Å². The van der Waals surface area contributed by atoms with E-state index in [0.717, 1.165) is 31.6 Å². The highest BCUT2D eigenvalue weighted by atomic mass is 16.5. The molecule has 104 valence electrons. The number of hydrogen-bond donors (Lipinski definition) is 2. The Morgan fingerprint density at radius 2 is 2.17 bits per heavy atom. The van der Waals surface area contributed by atoms with E-state index in [4.69, 9.17) is 9.84 Å². The molecule has 0 atom stereocenters. The fourth-order valence-electron chi connectivity index (χ4n) is 1.87. The Labute approximate surface area is 109 Å². The van der Waals surface area contributed by atoms with Crippen LogP contribution in [0.25, 0.3) is 0 Å². The Morgan fingerprint density at radius 3 is 2.83 bits per heavy atom. The first-order valence-corrected chi connectivity index (χ1v) is 6.75. The number of ether oxygens (including phenoxy) is 1. The van der Waals surface area contributed by atoms with Gasteiger partial charge in [0.1, 0.15) is 0 Å². The highest BCUT2D eigenvalue weighted by Gasteiger charge is 2.07. The fraction of sp³-hybridized carbons (Fsp3) is 0.769. The average molecular weight is 255 g/mol. The molecule has 0 saturated heterocycles. The molecule has 1 rings (SSSR count). The monoisotopic (exact) mass is 255 g/mol. The summed E-state index contributed by atoms with van der Waals surface area (Å²) in [5, 5.41) is 16.4. The van der Waals surface area contributed by atoms with Gasteiger partial charge in [0.15, 0.2) is 0 Å². The van der Waals surface area contributed by atoms with Crippen molar-refractivity contribution in [2.75, 3.05) is 26.4 Å². The van der Waals surface area contributed by atoms with E-state index in [9.17, 15) is 0 Å². The lowest BCUT2D eigenvalue weighted by molar-refractivity contribution is 0.0937. The summed E-state index contributed by atoms with van der Waals surface area (Å²) in [7, 11) is 0. The molecule has 0 spiro atoms. The molecule has 0 bridgehead atoms. The predicted molar refractivity (Wildman–Crippen MR) is 71.5 cm³/mol. The lowest BCUT2D eigenvalue weighted by Gasteiger charge is -2.12. The van der Waals surface area contributed by atoms with E-state index in [1.54, 1.807) is 0 Å². The summed E-state index contributed by atoms with van der Waals surface area (Å²) < 4.78 is 7.22. The fourth-order valence-corrected chi connectivity index (χ4v) is 1.87. The van der Waals surface area contributed by atoms with E-state index in [0.29, 0.717) is 19.3 Å². The van der Waals surface area contributed by atoms with Gasteiger partial charge in [-0.05, 0) is 18.9 Å². The van der Waals surface area contributed by atoms with Crippen molar-refractivity contribution in [1.29, 1.82) is 0 Å². The second-order valence-corrected chi connectivity index (χ2v) is 4.27. The van der Waals surface area contributed by atoms with Crippen LogP contribution in [-0.2, 0) is 11.3 Å². The van der Waals surface area contributed by atoms with Gasteiger partial charge in [-0.3, -0.25) is 4.68 Å². The third-order valence-corrected chi connectivity index (χ3v) is 2.95. The topological polar surface area (TPSA) is 59.3 Å². The van der Waals surface area contributed by atoms with Gasteiger partial charge in [0.05, 0.1) is 31.6 Å². The van der Waals surface area contributed by atoms with Crippen molar-refractivity contribution in [2.24, 2.45) is 0 Å². The number of aliphatic hydroxyl groups excluding tert-OH is 1. The third kappa shape index (κ3) is 5.16. The quantitative estimate of drug-likeness (QED) is 0.619. The number of nitrogens with zero attached hydrogens (tertiary/aromatic N) is 2. The first-order chi connectivity index (χ1) is 8.81. The molecular formula is C13H25N3O2. The SMILES string of the molecule is CCC(CC)n1ccc(CNCCOCCO)n1. The Kier molecular flexibility index (Phi) is 7.64. The molecule has 0 aliphatic carbocycles. The molecule has 0 unspecified atom stereocenters. The van der Waals surface area contributed by atoms with Crippen molar-refractivity contribution in [3.8, 4) is 0 Å². The maximum Gasteiger partial charge on any atom is 0.0762 e. The lowest BCUT2D eigenvalue weighted by atomic mass is 10.2. The molecule has 1 aromatic rings. The molecule has 1 aromatic heterocycles. The van der Waals surface area contributed by atoms with Crippen LogP contribution in [0.4, 0.5) is 0 Å². The van der Waals surface area contributed by atoms with Crippen LogP contribution < -0.4 is 5.32 Å². The van der Waals surface area contributed by atoms with Crippen molar-refractivity contribution >= 4 is 0 Å². The van der Waals surface area contributed by atoms with Crippen molar-refractivity contribution in [2.45, 2.75) is 39.3 Å². The molecule has 0 aromatic carbocycles. The summed E-state index contributed by atoms with van der Waals surface area (Å²) in [4.78, 5) is 0. The van der Waals surface area contributed by atoms with Gasteiger partial charge >= 0.3 is 0 Å². The van der Waals surface area contributed by atoms with Gasteiger partial charge in [-0.2, -0.15) is 5.10 Å². The highest BCUT2D eigenvalue weighted by molar-refractivity contribution is 4.99. The Morgan fingerprint density at radius 1 is 1.39 bits per heavy atom. The Bertz CT molecular complexity index is 311. The van der Waals surface area contributed by atoms with Gasteiger partial charge < -0.3 is 15.2 Å². The summed E-state index contributed by atoms with van der Waals surface area (Å²) in [6.07, 6.45) is 4.27. The van der Waals surface area contributed by atoms with Crippen LogP contribution in [0.15, 0.2) is 12.3 Å². The summed E-state index contributed by atoms with van der Waals surface area (Å²) in [5.74, 6) is 0. The van der Waals surface area contributed by atoms with Crippen LogP contribution >= 0.6 is 0 Å². The van der Waals surface area contributed by atoms with Crippen LogP contribution in [0.1, 0.15) is 38.4 Å². The second-order valence-electron chi connectivity index (χ2n) is 4.27. The van der Waals surface area contributed by atoms with E-state index in [1.165, 1.54) is 0 Å². The molecule has 2 N–H and O–H groups in total. The van der Waals surface area contributed by atoms with Crippen LogP contribution in [-0.4, -0.2) is 41.3 Å². The van der Waals surface area contributed by atoms with E-state index < -0.39 is 0 Å². The maximum atomic E-state index is 8.54. The standard InChI is InChI=1S/C13H25N3O2/c1-3-13(4-2)16-7-5-12(15-16)11-14-6-9-18-10-8-17/h5,7,13-14,17H,3-4,6,8-11H2,1-2H3. The molecule has 0 fully saturated rings. The largest absolute Gasteiger partial charge is 0.394 e. The molecule has 18 heavy (non-hydrogen) atoms. The summed E-state index contributed by atoms with van der Waals surface area (Å²) in [6, 6.07) is 2.56. The van der Waals surface area contributed by atoms with Crippen LogP contribution in [0, 0.1) is 0 Å². The van der Waals surface area contributed by atoms with Gasteiger partial charge in [0.25, 0.3) is 0 Å². The molecule has 0 saturated carbocycles. The number of hydrogen-bond acceptors (Lipinski definition) is 4. The number of aromatic nitrogens is 2. The first-order valence-electron chi connectivity index (χ1n) is 6.75. The van der Waals surface area contributed by atoms with Crippen molar-refractivity contribution in [3.63, 3.8) is 0 Å². The smallest absolute Gasteiger partial charge is 0.0762 e. The number of nitrogens with one attached hydrogen (secondary N) is 1. The van der Waals surface area contributed by atoms with Crippen LogP contribution in [0.5, 0.6) is 0 Å². The third-order valence-electron chi connectivity index (χ3n) is 2.95. The van der Waals surface area contributed by atoms with E-state index in [1.807, 2.05) is 0 Å². The summed E-state index contributed by atoms with van der Waals surface area (Å²) in [6.45, 7) is 7.02. The van der Waals surface area contributed by atoms with Crippen molar-refractivity contribution < 1.29 is 9.84 Å². The molecule has 0 aliphatic heterocycles. The zero-order valence-corrected chi connectivity index (χ0v) is 11.4. The zero-order valence-electron chi connectivity index (χ0n) is 11.4. The normalized spacial score (nSPS) is 11.3. The lowest BCUT2D eigenvalue weighted by Crippen LogP contribution is -2.20. The molecule has 5 heteroatoms. The first kappa shape index (κ1) is 15.1. The summed E-state index contributed by atoms with van der Waals surface area (Å²) >= 11 is 0.